The first-order valence-corrected chi connectivity index (χ1v) is 4.82. The zero-order chi connectivity index (χ0) is 10.1. The molecule has 72 valence electrons. The van der Waals surface area contributed by atoms with Crippen LogP contribution in [0.3, 0.4) is 0 Å². The van der Waals surface area contributed by atoms with Crippen molar-refractivity contribution < 1.29 is 9.84 Å². The van der Waals surface area contributed by atoms with E-state index in [2.05, 4.69) is 20.9 Å². The second-order valence-electron chi connectivity index (χ2n) is 2.87. The van der Waals surface area contributed by atoms with Crippen molar-refractivity contribution in [2.24, 2.45) is 0 Å². The van der Waals surface area contributed by atoms with Gasteiger partial charge in [0.2, 0.25) is 0 Å². The summed E-state index contributed by atoms with van der Waals surface area (Å²) in [4.78, 5) is 4.16. The smallest absolute Gasteiger partial charge is 0.128 e. The Morgan fingerprint density at radius 2 is 2.14 bits per heavy atom. The number of phenolic OH excluding ortho intramolecular Hbond substituents is 1. The molecule has 1 heterocycles. The lowest BCUT2D eigenvalue weighted by atomic mass is 10.2. The zero-order valence-corrected chi connectivity index (χ0v) is 9.08. The van der Waals surface area contributed by atoms with Gasteiger partial charge in [0.25, 0.3) is 0 Å². The zero-order valence-electron chi connectivity index (χ0n) is 7.49. The Bertz CT molecular complexity index is 485. The van der Waals surface area contributed by atoms with Crippen LogP contribution in [0.5, 0.6) is 11.5 Å². The lowest BCUT2D eigenvalue weighted by Gasteiger charge is -2.04. The third-order valence-electron chi connectivity index (χ3n) is 1.95. The molecule has 0 aliphatic rings. The standard InChI is InChI=1S/C10H8BrNO2/c1-14-7-3-9-8(10(13)4-7)2-6(11)5-12-9/h2-5,13H,1H3. The number of rotatable bonds is 1. The van der Waals surface area contributed by atoms with Gasteiger partial charge >= 0.3 is 0 Å². The molecule has 1 N–H and O–H groups in total. The normalized spacial score (nSPS) is 10.4. The highest BCUT2D eigenvalue weighted by molar-refractivity contribution is 9.10. The number of phenols is 1. The minimum atomic E-state index is 0.174. The molecule has 0 radical (unpaired) electrons. The summed E-state index contributed by atoms with van der Waals surface area (Å²) in [6.45, 7) is 0. The molecule has 14 heavy (non-hydrogen) atoms. The molecule has 0 saturated carbocycles. The summed E-state index contributed by atoms with van der Waals surface area (Å²) in [6, 6.07) is 5.16. The van der Waals surface area contributed by atoms with Crippen LogP contribution in [0.15, 0.2) is 28.9 Å². The molecule has 0 amide bonds. The number of methoxy groups -OCH3 is 1. The number of nitrogens with zero attached hydrogens (tertiary/aromatic N) is 1. The van der Waals surface area contributed by atoms with Crippen molar-refractivity contribution in [1.29, 1.82) is 0 Å². The molecule has 0 bridgehead atoms. The van der Waals surface area contributed by atoms with Crippen LogP contribution in [-0.2, 0) is 0 Å². The van der Waals surface area contributed by atoms with Crippen molar-refractivity contribution in [1.82, 2.24) is 4.98 Å². The molecule has 1 aromatic heterocycles. The number of aromatic hydroxyl groups is 1. The van der Waals surface area contributed by atoms with E-state index in [1.165, 1.54) is 0 Å². The SMILES string of the molecule is COc1cc(O)c2cc(Br)cnc2c1. The first-order valence-electron chi connectivity index (χ1n) is 4.03. The quantitative estimate of drug-likeness (QED) is 0.850. The van der Waals surface area contributed by atoms with E-state index in [0.29, 0.717) is 16.7 Å². The lowest BCUT2D eigenvalue weighted by Crippen LogP contribution is -1.85. The molecule has 0 atom stereocenters. The minimum Gasteiger partial charge on any atom is -0.507 e. The van der Waals surface area contributed by atoms with E-state index in [0.717, 1.165) is 4.47 Å². The number of hydrogen-bond donors (Lipinski definition) is 1. The highest BCUT2D eigenvalue weighted by Crippen LogP contribution is 2.30. The van der Waals surface area contributed by atoms with Gasteiger partial charge in [-0.1, -0.05) is 0 Å². The predicted octanol–water partition coefficient (Wildman–Crippen LogP) is 2.71. The topological polar surface area (TPSA) is 42.4 Å². The Balaban J connectivity index is 2.76. The van der Waals surface area contributed by atoms with E-state index in [1.807, 2.05) is 6.07 Å². The summed E-state index contributed by atoms with van der Waals surface area (Å²) in [5.74, 6) is 0.776. The Kier molecular flexibility index (Phi) is 2.29. The van der Waals surface area contributed by atoms with Crippen LogP contribution in [0, 0.1) is 0 Å². The second-order valence-corrected chi connectivity index (χ2v) is 3.78. The van der Waals surface area contributed by atoms with Crippen molar-refractivity contribution in [2.75, 3.05) is 7.11 Å². The van der Waals surface area contributed by atoms with Crippen molar-refractivity contribution in [3.05, 3.63) is 28.9 Å². The summed E-state index contributed by atoms with van der Waals surface area (Å²) in [6.07, 6.45) is 1.68. The van der Waals surface area contributed by atoms with Crippen LogP contribution < -0.4 is 4.74 Å². The summed E-state index contributed by atoms with van der Waals surface area (Å²) >= 11 is 3.30. The Morgan fingerprint density at radius 3 is 2.86 bits per heavy atom. The van der Waals surface area contributed by atoms with Gasteiger partial charge in [0.1, 0.15) is 11.5 Å². The third-order valence-corrected chi connectivity index (χ3v) is 2.39. The lowest BCUT2D eigenvalue weighted by molar-refractivity contribution is 0.409. The average Bonchev–Trinajstić information content (AvgIpc) is 2.19. The van der Waals surface area contributed by atoms with Gasteiger partial charge < -0.3 is 9.84 Å². The first kappa shape index (κ1) is 9.27. The molecule has 3 nitrogen and oxygen atoms in total. The van der Waals surface area contributed by atoms with Crippen molar-refractivity contribution in [2.45, 2.75) is 0 Å². The van der Waals surface area contributed by atoms with Gasteiger partial charge in [-0.3, -0.25) is 4.98 Å². The fourth-order valence-electron chi connectivity index (χ4n) is 1.28. The Morgan fingerprint density at radius 1 is 1.36 bits per heavy atom. The molecule has 0 unspecified atom stereocenters. The summed E-state index contributed by atoms with van der Waals surface area (Å²) < 4.78 is 5.86. The maximum atomic E-state index is 9.67. The summed E-state index contributed by atoms with van der Waals surface area (Å²) in [7, 11) is 1.56. The van der Waals surface area contributed by atoms with Gasteiger partial charge in [0, 0.05) is 28.2 Å². The Labute approximate surface area is 89.5 Å². The monoisotopic (exact) mass is 253 g/mol. The molecule has 0 aliphatic heterocycles. The van der Waals surface area contributed by atoms with Crippen molar-refractivity contribution in [3.63, 3.8) is 0 Å². The van der Waals surface area contributed by atoms with E-state index in [4.69, 9.17) is 4.74 Å². The highest BCUT2D eigenvalue weighted by Gasteiger charge is 2.04. The molecule has 1 aromatic carbocycles. The molecule has 0 aliphatic carbocycles. The van der Waals surface area contributed by atoms with Gasteiger partial charge in [-0.05, 0) is 22.0 Å². The van der Waals surface area contributed by atoms with Crippen molar-refractivity contribution in [3.8, 4) is 11.5 Å². The number of halogens is 1. The van der Waals surface area contributed by atoms with Crippen LogP contribution in [0.25, 0.3) is 10.9 Å². The number of pyridine rings is 1. The minimum absolute atomic E-state index is 0.174. The summed E-state index contributed by atoms with van der Waals surface area (Å²) in [5.41, 5.74) is 0.713. The molecule has 2 aromatic rings. The number of benzene rings is 1. The number of fused-ring (bicyclic) bond motifs is 1. The largest absolute Gasteiger partial charge is 0.507 e. The summed E-state index contributed by atoms with van der Waals surface area (Å²) in [5, 5.41) is 10.4. The average molecular weight is 254 g/mol. The van der Waals surface area contributed by atoms with Crippen LogP contribution in [0.2, 0.25) is 0 Å². The van der Waals surface area contributed by atoms with E-state index < -0.39 is 0 Å². The van der Waals surface area contributed by atoms with Crippen LogP contribution in [0.4, 0.5) is 0 Å². The molecule has 4 heteroatoms. The fourth-order valence-corrected chi connectivity index (χ4v) is 1.61. The number of hydrogen-bond acceptors (Lipinski definition) is 3. The number of ether oxygens (including phenoxy) is 1. The maximum absolute atomic E-state index is 9.67. The molecule has 2 rings (SSSR count). The van der Waals surface area contributed by atoms with E-state index in [9.17, 15) is 5.11 Å². The molecule has 0 fully saturated rings. The molecule has 0 spiro atoms. The van der Waals surface area contributed by atoms with Crippen LogP contribution >= 0.6 is 15.9 Å². The van der Waals surface area contributed by atoms with Crippen LogP contribution in [-0.4, -0.2) is 17.2 Å². The molecular weight excluding hydrogens is 246 g/mol. The first-order chi connectivity index (χ1) is 6.70. The van der Waals surface area contributed by atoms with Gasteiger partial charge in [-0.25, -0.2) is 0 Å². The number of aromatic nitrogens is 1. The second kappa shape index (κ2) is 3.46. The molecular formula is C10H8BrNO2. The van der Waals surface area contributed by atoms with Gasteiger partial charge in [0.15, 0.2) is 0 Å². The van der Waals surface area contributed by atoms with E-state index in [-0.39, 0.29) is 5.75 Å². The maximum Gasteiger partial charge on any atom is 0.128 e. The van der Waals surface area contributed by atoms with Crippen LogP contribution in [0.1, 0.15) is 0 Å². The van der Waals surface area contributed by atoms with Gasteiger partial charge in [-0.15, -0.1) is 0 Å². The van der Waals surface area contributed by atoms with Gasteiger partial charge in [-0.2, -0.15) is 0 Å². The van der Waals surface area contributed by atoms with Gasteiger partial charge in [0.05, 0.1) is 12.6 Å². The Hall–Kier alpha value is -1.29. The highest BCUT2D eigenvalue weighted by atomic mass is 79.9. The fraction of sp³-hybridized carbons (Fsp3) is 0.100. The third kappa shape index (κ3) is 1.53. The van der Waals surface area contributed by atoms with E-state index >= 15 is 0 Å². The predicted molar refractivity (Wildman–Crippen MR) is 57.7 cm³/mol. The van der Waals surface area contributed by atoms with Crippen molar-refractivity contribution >= 4 is 26.8 Å². The van der Waals surface area contributed by atoms with E-state index in [1.54, 1.807) is 25.4 Å². The molecule has 0 saturated heterocycles.